The lowest BCUT2D eigenvalue weighted by Crippen LogP contribution is -1.80. The van der Waals surface area contributed by atoms with Crippen LogP contribution >= 0.6 is 34.5 Å². The quantitative estimate of drug-likeness (QED) is 0.738. The van der Waals surface area contributed by atoms with Crippen molar-refractivity contribution in [1.29, 1.82) is 0 Å². The number of hydrogen-bond donors (Lipinski definition) is 0. The van der Waals surface area contributed by atoms with Crippen LogP contribution in [0.15, 0.2) is 22.7 Å². The maximum absolute atomic E-state index is 5.83. The molecule has 74 valence electrons. The Morgan fingerprint density at radius 1 is 1.50 bits per heavy atom. The molecule has 0 saturated heterocycles. The van der Waals surface area contributed by atoms with Crippen LogP contribution in [-0.4, -0.2) is 4.98 Å². The van der Waals surface area contributed by atoms with Gasteiger partial charge in [0.2, 0.25) is 5.89 Å². The molecule has 0 aliphatic heterocycles. The fourth-order valence-electron chi connectivity index (χ4n) is 1.03. The summed E-state index contributed by atoms with van der Waals surface area (Å²) in [6, 6.07) is 3.73. The van der Waals surface area contributed by atoms with Crippen molar-refractivity contribution in [3.05, 3.63) is 28.6 Å². The molecule has 2 rings (SSSR count). The van der Waals surface area contributed by atoms with E-state index >= 15 is 0 Å². The Morgan fingerprint density at radius 2 is 2.29 bits per heavy atom. The summed E-state index contributed by atoms with van der Waals surface area (Å²) >= 11 is 13.1. The van der Waals surface area contributed by atoms with Gasteiger partial charge in [-0.05, 0) is 19.1 Å². The third kappa shape index (κ3) is 1.95. The lowest BCUT2D eigenvalue weighted by molar-refractivity contribution is 0.509. The van der Waals surface area contributed by atoms with Crippen LogP contribution < -0.4 is 0 Å². The first-order chi connectivity index (χ1) is 6.66. The Kier molecular flexibility index (Phi) is 2.81. The van der Waals surface area contributed by atoms with E-state index < -0.39 is 0 Å². The van der Waals surface area contributed by atoms with Crippen LogP contribution in [0.25, 0.3) is 10.6 Å². The number of halogens is 2. The second-order valence-electron chi connectivity index (χ2n) is 2.78. The maximum Gasteiger partial charge on any atom is 0.212 e. The molecule has 0 saturated carbocycles. The molecule has 0 amide bonds. The summed E-state index contributed by atoms with van der Waals surface area (Å²) in [5.74, 6) is 1.25. The van der Waals surface area contributed by atoms with Crippen molar-refractivity contribution in [3.63, 3.8) is 0 Å². The van der Waals surface area contributed by atoms with E-state index in [1.807, 2.05) is 19.1 Å². The summed E-state index contributed by atoms with van der Waals surface area (Å²) in [4.78, 5) is 5.03. The normalized spacial score (nSPS) is 13.1. The van der Waals surface area contributed by atoms with Crippen LogP contribution in [0.5, 0.6) is 0 Å². The first-order valence-corrected chi connectivity index (χ1v) is 5.65. The summed E-state index contributed by atoms with van der Waals surface area (Å²) in [6.45, 7) is 1.82. The van der Waals surface area contributed by atoms with Crippen LogP contribution in [0.3, 0.4) is 0 Å². The van der Waals surface area contributed by atoms with Gasteiger partial charge in [0.15, 0.2) is 5.76 Å². The van der Waals surface area contributed by atoms with Gasteiger partial charge in [-0.3, -0.25) is 0 Å². The monoisotopic (exact) mass is 247 g/mol. The summed E-state index contributed by atoms with van der Waals surface area (Å²) < 4.78 is 6.19. The number of thiophene rings is 1. The average Bonchev–Trinajstić information content (AvgIpc) is 2.70. The molecule has 0 N–H and O–H groups in total. The number of aromatic nitrogens is 1. The zero-order chi connectivity index (χ0) is 10.1. The minimum Gasteiger partial charge on any atom is -0.438 e. The molecule has 1 atom stereocenters. The van der Waals surface area contributed by atoms with E-state index in [9.17, 15) is 0 Å². The van der Waals surface area contributed by atoms with Gasteiger partial charge < -0.3 is 4.42 Å². The molecule has 2 heterocycles. The lowest BCUT2D eigenvalue weighted by atomic mass is 10.4. The second kappa shape index (κ2) is 3.93. The van der Waals surface area contributed by atoms with Gasteiger partial charge in [0.25, 0.3) is 0 Å². The van der Waals surface area contributed by atoms with Gasteiger partial charge in [0.1, 0.15) is 5.38 Å². The molecule has 2 aromatic rings. The Balaban J connectivity index is 2.33. The Hall–Kier alpha value is -0.510. The summed E-state index contributed by atoms with van der Waals surface area (Å²) in [7, 11) is 0. The molecule has 2 nitrogen and oxygen atoms in total. The third-order valence-corrected chi connectivity index (χ3v) is 3.11. The standard InChI is InChI=1S/C9H7Cl2NOS/c1-5(10)9-12-4-6(13-9)7-2-3-8(11)14-7/h2-5H,1H3. The van der Waals surface area contributed by atoms with E-state index in [1.165, 1.54) is 11.3 Å². The molecular formula is C9H7Cl2NOS. The molecule has 1 unspecified atom stereocenters. The average molecular weight is 248 g/mol. The predicted octanol–water partition coefficient (Wildman–Crippen LogP) is 4.36. The van der Waals surface area contributed by atoms with Crippen LogP contribution in [0, 0.1) is 0 Å². The van der Waals surface area contributed by atoms with Crippen molar-refractivity contribution in [2.24, 2.45) is 0 Å². The summed E-state index contributed by atoms with van der Waals surface area (Å²) in [5, 5.41) is -0.209. The van der Waals surface area contributed by atoms with E-state index in [1.54, 1.807) is 6.20 Å². The van der Waals surface area contributed by atoms with Crippen molar-refractivity contribution in [2.75, 3.05) is 0 Å². The smallest absolute Gasteiger partial charge is 0.212 e. The van der Waals surface area contributed by atoms with E-state index in [0.717, 1.165) is 9.21 Å². The number of alkyl halides is 1. The van der Waals surface area contributed by atoms with Gasteiger partial charge in [-0.2, -0.15) is 0 Å². The van der Waals surface area contributed by atoms with Crippen LogP contribution in [0.2, 0.25) is 4.34 Å². The minimum absolute atomic E-state index is 0.209. The molecule has 0 aliphatic rings. The number of hydrogen-bond acceptors (Lipinski definition) is 3. The molecule has 14 heavy (non-hydrogen) atoms. The highest BCUT2D eigenvalue weighted by molar-refractivity contribution is 7.19. The summed E-state index contributed by atoms with van der Waals surface area (Å²) in [5.41, 5.74) is 0. The Morgan fingerprint density at radius 3 is 2.79 bits per heavy atom. The topological polar surface area (TPSA) is 26.0 Å². The lowest BCUT2D eigenvalue weighted by Gasteiger charge is -1.93. The van der Waals surface area contributed by atoms with E-state index in [0.29, 0.717) is 11.7 Å². The fourth-order valence-corrected chi connectivity index (χ4v) is 2.12. The van der Waals surface area contributed by atoms with Gasteiger partial charge in [-0.25, -0.2) is 4.98 Å². The molecule has 0 radical (unpaired) electrons. The highest BCUT2D eigenvalue weighted by Gasteiger charge is 2.11. The van der Waals surface area contributed by atoms with E-state index in [2.05, 4.69) is 4.98 Å². The molecule has 2 aromatic heterocycles. The minimum atomic E-state index is -0.209. The third-order valence-electron chi connectivity index (χ3n) is 1.68. The van der Waals surface area contributed by atoms with Crippen molar-refractivity contribution in [3.8, 4) is 10.6 Å². The number of oxazole rings is 1. The first kappa shape index (κ1) is 10.0. The zero-order valence-corrected chi connectivity index (χ0v) is 9.66. The van der Waals surface area contributed by atoms with Crippen molar-refractivity contribution < 1.29 is 4.42 Å². The van der Waals surface area contributed by atoms with Gasteiger partial charge in [0.05, 0.1) is 15.4 Å². The molecule has 0 spiro atoms. The van der Waals surface area contributed by atoms with Gasteiger partial charge in [-0.15, -0.1) is 22.9 Å². The molecule has 0 aromatic carbocycles. The van der Waals surface area contributed by atoms with E-state index in [-0.39, 0.29) is 5.38 Å². The molecule has 0 aliphatic carbocycles. The van der Waals surface area contributed by atoms with Crippen molar-refractivity contribution >= 4 is 34.5 Å². The van der Waals surface area contributed by atoms with E-state index in [4.69, 9.17) is 27.6 Å². The summed E-state index contributed by atoms with van der Waals surface area (Å²) in [6.07, 6.45) is 1.66. The number of rotatable bonds is 2. The van der Waals surface area contributed by atoms with Crippen molar-refractivity contribution in [1.82, 2.24) is 4.98 Å². The van der Waals surface area contributed by atoms with Gasteiger partial charge in [-0.1, -0.05) is 11.6 Å². The predicted molar refractivity (Wildman–Crippen MR) is 59.1 cm³/mol. The molecule has 0 fully saturated rings. The van der Waals surface area contributed by atoms with Crippen LogP contribution in [0.1, 0.15) is 18.2 Å². The Bertz CT molecular complexity index is 435. The Labute approximate surface area is 95.5 Å². The van der Waals surface area contributed by atoms with Gasteiger partial charge in [0, 0.05) is 0 Å². The fraction of sp³-hybridized carbons (Fsp3) is 0.222. The molecule has 5 heteroatoms. The first-order valence-electron chi connectivity index (χ1n) is 4.02. The van der Waals surface area contributed by atoms with Gasteiger partial charge >= 0.3 is 0 Å². The highest BCUT2D eigenvalue weighted by Crippen LogP contribution is 2.32. The molecular weight excluding hydrogens is 241 g/mol. The van der Waals surface area contributed by atoms with Crippen LogP contribution in [0.4, 0.5) is 0 Å². The maximum atomic E-state index is 5.83. The number of nitrogens with zero attached hydrogens (tertiary/aromatic N) is 1. The van der Waals surface area contributed by atoms with Crippen LogP contribution in [-0.2, 0) is 0 Å². The van der Waals surface area contributed by atoms with Crippen molar-refractivity contribution in [2.45, 2.75) is 12.3 Å². The largest absolute Gasteiger partial charge is 0.438 e. The zero-order valence-electron chi connectivity index (χ0n) is 7.33. The second-order valence-corrected chi connectivity index (χ2v) is 5.15. The molecule has 0 bridgehead atoms. The highest BCUT2D eigenvalue weighted by atomic mass is 35.5. The SMILES string of the molecule is CC(Cl)c1ncc(-c2ccc(Cl)s2)o1.